The summed E-state index contributed by atoms with van der Waals surface area (Å²) >= 11 is 0. The molecule has 0 radical (unpaired) electrons. The normalized spacial score (nSPS) is 17.7. The van der Waals surface area contributed by atoms with Crippen LogP contribution in [0.3, 0.4) is 0 Å². The van der Waals surface area contributed by atoms with Gasteiger partial charge in [0, 0.05) is 18.5 Å². The van der Waals surface area contributed by atoms with Gasteiger partial charge in [0.2, 0.25) is 5.91 Å². The molecule has 1 amide bonds. The molecule has 0 saturated heterocycles. The third-order valence-corrected chi connectivity index (χ3v) is 4.28. The van der Waals surface area contributed by atoms with Gasteiger partial charge in [0.25, 0.3) is 0 Å². The summed E-state index contributed by atoms with van der Waals surface area (Å²) in [6.07, 6.45) is 6.02. The van der Waals surface area contributed by atoms with E-state index in [2.05, 4.69) is 0 Å². The summed E-state index contributed by atoms with van der Waals surface area (Å²) in [5, 5.41) is 9.07. The SMILES string of the molecule is CCC(CC)C(=O)N(CC(C)C(=O)O)C1CCCC1. The smallest absolute Gasteiger partial charge is 0.308 e. The zero-order valence-electron chi connectivity index (χ0n) is 12.4. The molecule has 4 nitrogen and oxygen atoms in total. The maximum atomic E-state index is 12.6. The average molecular weight is 269 g/mol. The van der Waals surface area contributed by atoms with Crippen molar-refractivity contribution < 1.29 is 14.7 Å². The summed E-state index contributed by atoms with van der Waals surface area (Å²) in [5.74, 6) is -1.11. The van der Waals surface area contributed by atoms with E-state index >= 15 is 0 Å². The lowest BCUT2D eigenvalue weighted by Crippen LogP contribution is -2.45. The molecular formula is C15H27NO3. The molecule has 1 N–H and O–H groups in total. The molecule has 1 aliphatic rings. The number of carbonyl (C=O) groups is 2. The fraction of sp³-hybridized carbons (Fsp3) is 0.867. The second-order valence-electron chi connectivity index (χ2n) is 5.68. The van der Waals surface area contributed by atoms with Crippen molar-refractivity contribution in [2.45, 2.75) is 65.3 Å². The number of carboxylic acid groups (broad SMARTS) is 1. The molecule has 0 aliphatic heterocycles. The molecule has 0 bridgehead atoms. The van der Waals surface area contributed by atoms with Gasteiger partial charge < -0.3 is 10.0 Å². The average Bonchev–Trinajstić information content (AvgIpc) is 2.90. The van der Waals surface area contributed by atoms with Crippen molar-refractivity contribution >= 4 is 11.9 Å². The molecule has 1 rings (SSSR count). The Labute approximate surface area is 116 Å². The molecule has 1 atom stereocenters. The van der Waals surface area contributed by atoms with E-state index in [1.165, 1.54) is 0 Å². The molecular weight excluding hydrogens is 242 g/mol. The molecule has 0 aromatic carbocycles. The first-order valence-corrected chi connectivity index (χ1v) is 7.54. The summed E-state index contributed by atoms with van der Waals surface area (Å²) in [6, 6.07) is 0.259. The fourth-order valence-corrected chi connectivity index (χ4v) is 2.88. The second-order valence-corrected chi connectivity index (χ2v) is 5.68. The van der Waals surface area contributed by atoms with Crippen LogP contribution in [0.2, 0.25) is 0 Å². The zero-order chi connectivity index (χ0) is 14.4. The summed E-state index contributed by atoms with van der Waals surface area (Å²) in [6.45, 7) is 6.10. The van der Waals surface area contributed by atoms with E-state index in [0.717, 1.165) is 38.5 Å². The number of rotatable bonds is 7. The van der Waals surface area contributed by atoms with E-state index in [9.17, 15) is 9.59 Å². The molecule has 4 heteroatoms. The number of amides is 1. The van der Waals surface area contributed by atoms with Crippen LogP contribution >= 0.6 is 0 Å². The van der Waals surface area contributed by atoms with E-state index in [-0.39, 0.29) is 17.9 Å². The van der Waals surface area contributed by atoms with Crippen LogP contribution in [0.25, 0.3) is 0 Å². The van der Waals surface area contributed by atoms with Crippen molar-refractivity contribution in [1.82, 2.24) is 4.90 Å². The lowest BCUT2D eigenvalue weighted by atomic mass is 9.99. The maximum Gasteiger partial charge on any atom is 0.308 e. The highest BCUT2D eigenvalue weighted by Crippen LogP contribution is 2.27. The van der Waals surface area contributed by atoms with Gasteiger partial charge in [0.1, 0.15) is 0 Å². The summed E-state index contributed by atoms with van der Waals surface area (Å²) in [7, 11) is 0. The highest BCUT2D eigenvalue weighted by atomic mass is 16.4. The zero-order valence-corrected chi connectivity index (χ0v) is 12.4. The lowest BCUT2D eigenvalue weighted by Gasteiger charge is -2.33. The number of carbonyl (C=O) groups excluding carboxylic acids is 1. The predicted octanol–water partition coefficient (Wildman–Crippen LogP) is 2.91. The van der Waals surface area contributed by atoms with Gasteiger partial charge in [-0.25, -0.2) is 0 Å². The lowest BCUT2D eigenvalue weighted by molar-refractivity contribution is -0.145. The Kier molecular flexibility index (Phi) is 6.32. The van der Waals surface area contributed by atoms with Crippen molar-refractivity contribution in [2.24, 2.45) is 11.8 Å². The van der Waals surface area contributed by atoms with E-state index < -0.39 is 11.9 Å². The van der Waals surface area contributed by atoms with Gasteiger partial charge in [-0.1, -0.05) is 33.6 Å². The molecule has 1 fully saturated rings. The van der Waals surface area contributed by atoms with E-state index in [0.29, 0.717) is 6.54 Å². The van der Waals surface area contributed by atoms with Crippen LogP contribution in [0, 0.1) is 11.8 Å². The number of hydrogen-bond acceptors (Lipinski definition) is 2. The van der Waals surface area contributed by atoms with Gasteiger partial charge in [0.05, 0.1) is 5.92 Å². The van der Waals surface area contributed by atoms with Crippen molar-refractivity contribution in [1.29, 1.82) is 0 Å². The maximum absolute atomic E-state index is 12.6. The third-order valence-electron chi connectivity index (χ3n) is 4.28. The Morgan fingerprint density at radius 2 is 1.74 bits per heavy atom. The molecule has 0 heterocycles. The highest BCUT2D eigenvalue weighted by molar-refractivity contribution is 5.80. The molecule has 1 saturated carbocycles. The van der Waals surface area contributed by atoms with E-state index in [1.807, 2.05) is 18.7 Å². The van der Waals surface area contributed by atoms with Crippen molar-refractivity contribution in [3.05, 3.63) is 0 Å². The highest BCUT2D eigenvalue weighted by Gasteiger charge is 2.32. The largest absolute Gasteiger partial charge is 0.481 e. The van der Waals surface area contributed by atoms with Crippen LogP contribution in [0.15, 0.2) is 0 Å². The minimum absolute atomic E-state index is 0.0431. The molecule has 1 unspecified atom stereocenters. The van der Waals surface area contributed by atoms with Gasteiger partial charge >= 0.3 is 5.97 Å². The molecule has 0 aromatic rings. The van der Waals surface area contributed by atoms with Crippen LogP contribution in [0.5, 0.6) is 0 Å². The van der Waals surface area contributed by atoms with Crippen molar-refractivity contribution in [3.8, 4) is 0 Å². The minimum atomic E-state index is -0.819. The van der Waals surface area contributed by atoms with Crippen LogP contribution in [0.4, 0.5) is 0 Å². The van der Waals surface area contributed by atoms with Crippen LogP contribution in [-0.2, 0) is 9.59 Å². The third kappa shape index (κ3) is 4.22. The Morgan fingerprint density at radius 1 is 1.21 bits per heavy atom. The predicted molar refractivity (Wildman–Crippen MR) is 74.8 cm³/mol. The summed E-state index contributed by atoms with van der Waals surface area (Å²) < 4.78 is 0. The van der Waals surface area contributed by atoms with E-state index in [1.54, 1.807) is 6.92 Å². The molecule has 1 aliphatic carbocycles. The van der Waals surface area contributed by atoms with Gasteiger partial charge in [0.15, 0.2) is 0 Å². The number of nitrogens with zero attached hydrogens (tertiary/aromatic N) is 1. The minimum Gasteiger partial charge on any atom is -0.481 e. The number of aliphatic carboxylic acids is 1. The van der Waals surface area contributed by atoms with Crippen LogP contribution in [0.1, 0.15) is 59.3 Å². The summed E-state index contributed by atoms with van der Waals surface area (Å²) in [5.41, 5.74) is 0. The van der Waals surface area contributed by atoms with Crippen LogP contribution in [-0.4, -0.2) is 34.5 Å². The van der Waals surface area contributed by atoms with Crippen molar-refractivity contribution in [2.75, 3.05) is 6.54 Å². The Balaban J connectivity index is 2.78. The quantitative estimate of drug-likeness (QED) is 0.773. The second kappa shape index (κ2) is 7.51. The van der Waals surface area contributed by atoms with Gasteiger partial charge in [-0.15, -0.1) is 0 Å². The first-order chi connectivity index (χ1) is 9.01. The van der Waals surface area contributed by atoms with E-state index in [4.69, 9.17) is 5.11 Å². The molecule has 19 heavy (non-hydrogen) atoms. The topological polar surface area (TPSA) is 57.6 Å². The fourth-order valence-electron chi connectivity index (χ4n) is 2.88. The van der Waals surface area contributed by atoms with Crippen LogP contribution < -0.4 is 0 Å². The molecule has 110 valence electrons. The first kappa shape index (κ1) is 16.0. The monoisotopic (exact) mass is 269 g/mol. The Morgan fingerprint density at radius 3 is 2.16 bits per heavy atom. The number of hydrogen-bond donors (Lipinski definition) is 1. The molecule has 0 spiro atoms. The first-order valence-electron chi connectivity index (χ1n) is 7.54. The van der Waals surface area contributed by atoms with Gasteiger partial charge in [-0.05, 0) is 25.7 Å². The number of carboxylic acids is 1. The van der Waals surface area contributed by atoms with Gasteiger partial charge in [-0.3, -0.25) is 9.59 Å². The van der Waals surface area contributed by atoms with Crippen molar-refractivity contribution in [3.63, 3.8) is 0 Å². The van der Waals surface area contributed by atoms with Gasteiger partial charge in [-0.2, -0.15) is 0 Å². The Hall–Kier alpha value is -1.06. The molecule has 0 aromatic heterocycles. The Bertz CT molecular complexity index is 307. The summed E-state index contributed by atoms with van der Waals surface area (Å²) in [4.78, 5) is 25.5. The standard InChI is InChI=1S/C15H27NO3/c1-4-12(5-2)14(17)16(10-11(3)15(18)19)13-8-6-7-9-13/h11-13H,4-10H2,1-3H3,(H,18,19).